The molecule has 0 saturated carbocycles. The van der Waals surface area contributed by atoms with Gasteiger partial charge >= 0.3 is 7.60 Å². The smallest absolute Gasteiger partial charge is 0.323 e. The molecule has 0 amide bonds. The normalized spacial score (nSPS) is 12.1. The van der Waals surface area contributed by atoms with Gasteiger partial charge in [0.25, 0.3) is 0 Å². The predicted octanol–water partition coefficient (Wildman–Crippen LogP) is 11.8. The van der Waals surface area contributed by atoms with Crippen LogP contribution in [0.5, 0.6) is 0 Å². The molecule has 0 aromatic carbocycles. The predicted molar refractivity (Wildman–Crippen MR) is 190 cm³/mol. The van der Waals surface area contributed by atoms with E-state index in [2.05, 4.69) is 13.8 Å². The fourth-order valence-corrected chi connectivity index (χ4v) is 7.39. The lowest BCUT2D eigenvalue weighted by Crippen LogP contribution is -2.48. The molecule has 2 N–H and O–H groups in total. The maximum absolute atomic E-state index is 12.9. The van der Waals surface area contributed by atoms with Crippen molar-refractivity contribution in [2.75, 3.05) is 0 Å². The van der Waals surface area contributed by atoms with Gasteiger partial charge in [-0.2, -0.15) is 0 Å². The second kappa shape index (κ2) is 30.5. The van der Waals surface area contributed by atoms with Crippen LogP contribution in [0.25, 0.3) is 0 Å². The second-order valence-electron chi connectivity index (χ2n) is 13.7. The summed E-state index contributed by atoms with van der Waals surface area (Å²) in [4.78, 5) is 57.7. The zero-order valence-corrected chi connectivity index (χ0v) is 30.6. The zero-order chi connectivity index (χ0) is 33.5. The molecule has 0 saturated heterocycles. The molecule has 45 heavy (non-hydrogen) atoms. The van der Waals surface area contributed by atoms with Crippen molar-refractivity contribution < 1.29 is 28.7 Å². The van der Waals surface area contributed by atoms with Crippen molar-refractivity contribution >= 4 is 25.4 Å². The van der Waals surface area contributed by atoms with Gasteiger partial charge in [0.2, 0.25) is 5.16 Å². The fraction of sp³-hybridized carbons (Fsp3) is 0.921. The highest BCUT2D eigenvalue weighted by Crippen LogP contribution is 2.52. The van der Waals surface area contributed by atoms with E-state index in [-0.39, 0.29) is 19.1 Å². The number of ketones is 2. The van der Waals surface area contributed by atoms with Crippen LogP contribution in [-0.2, 0) is 18.9 Å². The van der Waals surface area contributed by atoms with Crippen molar-refractivity contribution in [3.63, 3.8) is 0 Å². The summed E-state index contributed by atoms with van der Waals surface area (Å²) in [6, 6.07) is 0. The Hall–Kier alpha value is -0.840. The highest BCUT2D eigenvalue weighted by Gasteiger charge is 2.58. The Morgan fingerprint density at radius 1 is 0.444 bits per heavy atom. The van der Waals surface area contributed by atoms with Gasteiger partial charge in [-0.25, -0.2) is 0 Å². The standard InChI is InChI=1S/C38H73O6P/c1-3-5-7-9-11-13-15-17-19-21-23-25-27-29-31-33-36(40)38(35-39,45(42,43)44)37(41)34-32-30-28-26-24-22-20-18-16-14-12-10-8-6-4-2/h35H,3-34H2,1-2H3,(H2,42,43,44). The largest absolute Gasteiger partial charge is 0.353 e. The number of hydrogen-bond acceptors (Lipinski definition) is 4. The summed E-state index contributed by atoms with van der Waals surface area (Å²) in [5.74, 6) is -1.82. The van der Waals surface area contributed by atoms with Gasteiger partial charge in [-0.05, 0) is 12.8 Å². The highest BCUT2D eigenvalue weighted by molar-refractivity contribution is 7.57. The minimum Gasteiger partial charge on any atom is -0.323 e. The van der Waals surface area contributed by atoms with Crippen molar-refractivity contribution in [2.45, 2.75) is 224 Å². The van der Waals surface area contributed by atoms with E-state index in [1.165, 1.54) is 128 Å². The van der Waals surface area contributed by atoms with Crippen LogP contribution < -0.4 is 0 Å². The maximum Gasteiger partial charge on any atom is 0.353 e. The van der Waals surface area contributed by atoms with Gasteiger partial charge in [0.1, 0.15) is 0 Å². The van der Waals surface area contributed by atoms with Crippen LogP contribution in [0, 0.1) is 0 Å². The van der Waals surface area contributed by atoms with Gasteiger partial charge in [-0.3, -0.25) is 14.2 Å². The van der Waals surface area contributed by atoms with E-state index in [1.807, 2.05) is 0 Å². The van der Waals surface area contributed by atoms with E-state index in [0.717, 1.165) is 51.4 Å². The third-order valence-corrected chi connectivity index (χ3v) is 11.0. The van der Waals surface area contributed by atoms with Gasteiger partial charge in [0.15, 0.2) is 17.9 Å². The Morgan fingerprint density at radius 3 is 0.822 bits per heavy atom. The first-order valence-electron chi connectivity index (χ1n) is 19.4. The molecular weight excluding hydrogens is 583 g/mol. The molecule has 0 radical (unpaired) electrons. The summed E-state index contributed by atoms with van der Waals surface area (Å²) < 4.78 is 12.3. The Morgan fingerprint density at radius 2 is 0.644 bits per heavy atom. The zero-order valence-electron chi connectivity index (χ0n) is 29.7. The molecule has 0 aromatic rings. The molecule has 0 aromatic heterocycles. The first-order valence-corrected chi connectivity index (χ1v) is 21.0. The topological polar surface area (TPSA) is 109 Å². The molecule has 0 rings (SSSR count). The lowest BCUT2D eigenvalue weighted by atomic mass is 9.91. The number of unbranched alkanes of at least 4 members (excludes halogenated alkanes) is 28. The summed E-state index contributed by atoms with van der Waals surface area (Å²) in [5.41, 5.74) is 0. The summed E-state index contributed by atoms with van der Waals surface area (Å²) in [6.45, 7) is 4.49. The number of carbonyl (C=O) groups excluding carboxylic acids is 3. The minimum atomic E-state index is -5.27. The average Bonchev–Trinajstić information content (AvgIpc) is 3.01. The molecule has 7 heteroatoms. The number of hydrogen-bond donors (Lipinski definition) is 2. The lowest BCUT2D eigenvalue weighted by molar-refractivity contribution is -0.134. The first kappa shape index (κ1) is 44.2. The summed E-state index contributed by atoms with van der Waals surface area (Å²) in [5, 5.41) is -2.82. The summed E-state index contributed by atoms with van der Waals surface area (Å²) in [6.07, 6.45) is 34.8. The Bertz CT molecular complexity index is 715. The van der Waals surface area contributed by atoms with E-state index in [9.17, 15) is 28.7 Å². The van der Waals surface area contributed by atoms with E-state index in [4.69, 9.17) is 0 Å². The maximum atomic E-state index is 12.9. The molecule has 266 valence electrons. The Balaban J connectivity index is 4.08. The Kier molecular flexibility index (Phi) is 29.9. The van der Waals surface area contributed by atoms with Gasteiger partial charge in [0, 0.05) is 12.8 Å². The van der Waals surface area contributed by atoms with Crippen LogP contribution in [0.2, 0.25) is 0 Å². The van der Waals surface area contributed by atoms with Crippen LogP contribution in [0.1, 0.15) is 219 Å². The van der Waals surface area contributed by atoms with Gasteiger partial charge in [0.05, 0.1) is 0 Å². The van der Waals surface area contributed by atoms with Crippen molar-refractivity contribution in [2.24, 2.45) is 0 Å². The van der Waals surface area contributed by atoms with Crippen molar-refractivity contribution in [3.05, 3.63) is 0 Å². The van der Waals surface area contributed by atoms with Gasteiger partial charge in [-0.15, -0.1) is 0 Å². The average molecular weight is 657 g/mol. The molecule has 0 aliphatic carbocycles. The monoisotopic (exact) mass is 657 g/mol. The molecule has 0 fully saturated rings. The molecule has 0 atom stereocenters. The SMILES string of the molecule is CCCCCCCCCCCCCCCCCC(=O)C(C=O)(C(=O)CCCCCCCCCCCCCCCCC)P(=O)(O)O. The van der Waals surface area contributed by atoms with Gasteiger partial charge in [-0.1, -0.05) is 194 Å². The lowest BCUT2D eigenvalue weighted by Gasteiger charge is -2.26. The molecule has 0 bridgehead atoms. The summed E-state index contributed by atoms with van der Waals surface area (Å²) >= 11 is 0. The molecule has 0 unspecified atom stereocenters. The number of Topliss-reactive ketones (excluding diaryl/α,β-unsaturated/α-hetero) is 2. The van der Waals surface area contributed by atoms with E-state index in [0.29, 0.717) is 12.8 Å². The quantitative estimate of drug-likeness (QED) is 0.0300. The molecule has 0 heterocycles. The van der Waals surface area contributed by atoms with Gasteiger partial charge < -0.3 is 14.6 Å². The molecule has 6 nitrogen and oxygen atoms in total. The molecule has 0 aliphatic heterocycles. The molecular formula is C38H73O6P. The summed E-state index contributed by atoms with van der Waals surface area (Å²) in [7, 11) is -5.27. The third kappa shape index (κ3) is 22.4. The number of rotatable bonds is 36. The minimum absolute atomic E-state index is 0.0607. The van der Waals surface area contributed by atoms with Crippen LogP contribution in [0.4, 0.5) is 0 Å². The van der Waals surface area contributed by atoms with E-state index in [1.54, 1.807) is 0 Å². The van der Waals surface area contributed by atoms with Crippen molar-refractivity contribution in [1.82, 2.24) is 0 Å². The van der Waals surface area contributed by atoms with Crippen LogP contribution in [-0.4, -0.2) is 32.8 Å². The second-order valence-corrected chi connectivity index (χ2v) is 15.5. The Labute approximate surface area is 278 Å². The van der Waals surface area contributed by atoms with Crippen molar-refractivity contribution in [1.29, 1.82) is 0 Å². The van der Waals surface area contributed by atoms with Crippen LogP contribution in [0.15, 0.2) is 0 Å². The number of carbonyl (C=O) groups is 3. The highest BCUT2D eigenvalue weighted by atomic mass is 31.2. The first-order chi connectivity index (χ1) is 21.8. The van der Waals surface area contributed by atoms with Crippen LogP contribution in [0.3, 0.4) is 0 Å². The number of aldehydes is 1. The molecule has 0 spiro atoms. The van der Waals surface area contributed by atoms with Crippen LogP contribution >= 0.6 is 7.60 Å². The fourth-order valence-electron chi connectivity index (χ4n) is 6.38. The van der Waals surface area contributed by atoms with E-state index < -0.39 is 24.3 Å². The van der Waals surface area contributed by atoms with Crippen molar-refractivity contribution in [3.8, 4) is 0 Å². The molecule has 0 aliphatic rings. The van der Waals surface area contributed by atoms with E-state index >= 15 is 0 Å². The third-order valence-electron chi connectivity index (χ3n) is 9.50.